The summed E-state index contributed by atoms with van der Waals surface area (Å²) in [7, 11) is 0. The molecule has 15 atom stereocenters. The topological polar surface area (TPSA) is 669 Å². The van der Waals surface area contributed by atoms with Crippen molar-refractivity contribution in [1.29, 1.82) is 0 Å². The Hall–Kier alpha value is -13.7. The first-order chi connectivity index (χ1) is 64.9. The van der Waals surface area contributed by atoms with Crippen LogP contribution in [-0.2, 0) is 123 Å². The zero-order chi connectivity index (χ0) is 98.8. The lowest BCUT2D eigenvalue weighted by Gasteiger charge is -2.27. The molecule has 728 valence electrons. The Morgan fingerprint density at radius 1 is 0.478 bits per heavy atom. The maximum absolute atomic E-state index is 12.4. The lowest BCUT2D eigenvalue weighted by Crippen LogP contribution is -2.45. The van der Waals surface area contributed by atoms with Crippen LogP contribution in [0.25, 0.3) is 22.3 Å². The van der Waals surface area contributed by atoms with Crippen molar-refractivity contribution in [3.63, 3.8) is 0 Å². The number of aromatic nitrogens is 14. The zero-order valence-corrected chi connectivity index (χ0v) is 77.8. The minimum Gasteiger partial charge on any atom is -0.460 e. The molecule has 2 aromatic carbocycles. The number of nitrogens with zero attached hydrogens (tertiary/aromatic N) is 14. The second-order valence-corrected chi connectivity index (χ2v) is 32.4. The highest BCUT2D eigenvalue weighted by atomic mass is 79.9. The van der Waals surface area contributed by atoms with E-state index in [4.69, 9.17) is 98.8 Å². The average molecular weight is 1980 g/mol. The first kappa shape index (κ1) is 103. The summed E-state index contributed by atoms with van der Waals surface area (Å²) in [5.74, 6) is -0.423. The van der Waals surface area contributed by atoms with Crippen LogP contribution in [0, 0.1) is 12.3 Å². The Labute approximate surface area is 788 Å². The largest absolute Gasteiger partial charge is 0.460 e. The first-order valence-electron chi connectivity index (χ1n) is 43.0. The van der Waals surface area contributed by atoms with Gasteiger partial charge in [-0.3, -0.25) is 87.2 Å². The fourth-order valence-corrected chi connectivity index (χ4v) is 16.0. The number of halogens is 2. The van der Waals surface area contributed by atoms with Crippen molar-refractivity contribution in [2.75, 3.05) is 55.3 Å². The standard InChI is InChI=1S/C20H23N5O5.C17H19N5O5.C14H17ClN4O4.C14H18N4O5.C14H18N4O4.C4H6O3.C3H3Br/c1-3-13-9-14(29-11(2)26)18(30-13)25-16-15(17(27)24-19(21)23-16)22-20(25)28-10-12-7-5-4-6-8-12;18-16-20-13-12(14(25)21-16)19-17(26-8-9-4-2-1-3-5-9)22(13)15-11(24)6-10(7-23)27-15;1-3-7-4-9(22-6(2)20)13(23-7)19-10(21)5-8-11(15)17-14(16)18-12(8)19;1-3-7-4-9(22-6(2)19)13(23-7)18-10(20)5-8-11(18)16-14(15)17-12(8)21;1-3-9-5-10(21-7(2)19)13(22-9)18-11(20)4-8-6-16-14(15)17-12(8)18;1-3(5)7-4(2)6;1-2-3-4/h4-8,13-14,18H,3,9-10H2,1-2H3,(H3,21,23,24,27);1-5,10-11,15,23-24H,6-8H2,(H3,18,20,21,25);7,9,13H,3-5H2,1-2H3,(H2,16,17,18);7,9,13H,3-5H2,1-2H3,(H3,15,16,17,21);6,9-10,13H,3-5H2,1-2H3,(H2,15,16,17);1-2H3;1H,3H2/t13-,14-,18-;10-,11+,15+;2*7-,9-,13-;9-,10-,13-;;/m10111../s1. The molecule has 5 saturated heterocycles. The number of nitrogen functional groups attached to an aromatic ring is 5. The highest BCUT2D eigenvalue weighted by Crippen LogP contribution is 2.43. The number of aromatic amines is 3. The molecule has 48 nitrogen and oxygen atoms in total. The summed E-state index contributed by atoms with van der Waals surface area (Å²) in [6.45, 7) is 15.7. The molecule has 0 unspecified atom stereocenters. The van der Waals surface area contributed by atoms with Gasteiger partial charge in [-0.25, -0.2) is 19.1 Å². The van der Waals surface area contributed by atoms with E-state index in [2.05, 4.69) is 86.4 Å². The maximum atomic E-state index is 12.4. The van der Waals surface area contributed by atoms with Gasteiger partial charge in [-0.15, -0.1) is 6.42 Å². The quantitative estimate of drug-likeness (QED) is 0.0128. The predicted octanol–water partition coefficient (Wildman–Crippen LogP) is 4.10. The Balaban J connectivity index is 0.000000159. The fourth-order valence-electron chi connectivity index (χ4n) is 15.7. The summed E-state index contributed by atoms with van der Waals surface area (Å²) >= 11 is 9.06. The van der Waals surface area contributed by atoms with Gasteiger partial charge in [0.1, 0.15) is 60.5 Å². The number of H-pyrrole nitrogens is 3. The molecule has 15 N–H and O–H groups in total. The highest BCUT2D eigenvalue weighted by Gasteiger charge is 2.51. The molecule has 0 aliphatic carbocycles. The Kier molecular flexibility index (Phi) is 35.1. The van der Waals surface area contributed by atoms with E-state index in [0.717, 1.165) is 30.4 Å². The lowest BCUT2D eigenvalue weighted by atomic mass is 10.1. The summed E-state index contributed by atoms with van der Waals surface area (Å²) < 4.78 is 69.6. The van der Waals surface area contributed by atoms with E-state index in [1.807, 2.05) is 88.4 Å². The van der Waals surface area contributed by atoms with Crippen LogP contribution in [0.15, 0.2) is 81.2 Å². The molecule has 9 aromatic rings. The van der Waals surface area contributed by atoms with E-state index in [9.17, 15) is 67.7 Å². The number of anilines is 8. The molecule has 0 spiro atoms. The molecule has 7 aromatic heterocycles. The lowest BCUT2D eigenvalue weighted by molar-refractivity contribution is -0.157. The zero-order valence-electron chi connectivity index (χ0n) is 75.5. The third kappa shape index (κ3) is 25.3. The molecule has 0 bridgehead atoms. The van der Waals surface area contributed by atoms with Crippen LogP contribution in [-0.4, -0.2) is 224 Å². The Bertz CT molecular complexity index is 6070. The van der Waals surface area contributed by atoms with Gasteiger partial charge in [0.05, 0.1) is 67.3 Å². The number of nitrogens with one attached hydrogen (secondary N) is 3. The third-order valence-electron chi connectivity index (χ3n) is 21.5. The molecular formula is C86H104BrClN22O26. The first-order valence-corrected chi connectivity index (χ1v) is 44.5. The second-order valence-electron chi connectivity index (χ2n) is 31.5. The normalized spacial score (nSPS) is 23.0. The van der Waals surface area contributed by atoms with Gasteiger partial charge in [0.25, 0.3) is 16.7 Å². The van der Waals surface area contributed by atoms with Crippen LogP contribution in [0.4, 0.5) is 47.2 Å². The molecule has 8 aliphatic heterocycles. The van der Waals surface area contributed by atoms with Crippen molar-refractivity contribution in [1.82, 2.24) is 68.9 Å². The number of hydrogen-bond acceptors (Lipinski definition) is 40. The monoisotopic (exact) mass is 1970 g/mol. The summed E-state index contributed by atoms with van der Waals surface area (Å²) in [6, 6.07) is 19.2. The maximum Gasteiger partial charge on any atom is 0.310 e. The number of benzene rings is 2. The molecule has 136 heavy (non-hydrogen) atoms. The number of ether oxygens (including phenoxy) is 12. The Morgan fingerprint density at radius 3 is 1.24 bits per heavy atom. The van der Waals surface area contributed by atoms with Crippen LogP contribution in [0.1, 0.15) is 167 Å². The van der Waals surface area contributed by atoms with Gasteiger partial charge in [-0.1, -0.05) is 122 Å². The summed E-state index contributed by atoms with van der Waals surface area (Å²) in [5, 5.41) is 20.5. The van der Waals surface area contributed by atoms with E-state index in [-0.39, 0.29) is 168 Å². The van der Waals surface area contributed by atoms with Crippen molar-refractivity contribution in [3.8, 4) is 24.4 Å². The number of fused-ring (bicyclic) bond motifs is 5. The van der Waals surface area contributed by atoms with E-state index >= 15 is 0 Å². The van der Waals surface area contributed by atoms with Gasteiger partial charge in [-0.05, 0) is 36.8 Å². The number of terminal acetylenes is 1. The van der Waals surface area contributed by atoms with Crippen LogP contribution < -0.4 is 69.5 Å². The number of carbonyl (C=O) groups is 9. The van der Waals surface area contributed by atoms with Gasteiger partial charge < -0.3 is 95.7 Å². The molecule has 3 amide bonds. The van der Waals surface area contributed by atoms with Gasteiger partial charge >= 0.3 is 47.8 Å². The molecule has 50 heteroatoms. The molecule has 5 fully saturated rings. The number of nitrogens with two attached hydrogens (primary N) is 5. The van der Waals surface area contributed by atoms with Gasteiger partial charge in [-0.2, -0.15) is 34.9 Å². The number of aliphatic hydroxyl groups excluding tert-OH is 2. The van der Waals surface area contributed by atoms with Crippen molar-refractivity contribution in [3.05, 3.63) is 131 Å². The van der Waals surface area contributed by atoms with Gasteiger partial charge in [0, 0.05) is 91.0 Å². The summed E-state index contributed by atoms with van der Waals surface area (Å²) in [4.78, 5) is 187. The minimum absolute atomic E-state index is 0.0236. The number of hydrogen-bond donors (Lipinski definition) is 10. The Morgan fingerprint density at radius 2 is 0.846 bits per heavy atom. The van der Waals surface area contributed by atoms with Crippen LogP contribution in [0.3, 0.4) is 0 Å². The smallest absolute Gasteiger partial charge is 0.310 e. The molecule has 15 heterocycles. The highest BCUT2D eigenvalue weighted by molar-refractivity contribution is 9.09. The summed E-state index contributed by atoms with van der Waals surface area (Å²) in [6.07, 6.45) is 3.73. The molecule has 0 radical (unpaired) electrons. The van der Waals surface area contributed by atoms with Crippen molar-refractivity contribution in [2.24, 2.45) is 0 Å². The number of aliphatic hydroxyl groups is 2. The van der Waals surface area contributed by atoms with E-state index < -0.39 is 120 Å². The number of rotatable bonds is 20. The van der Waals surface area contributed by atoms with Crippen molar-refractivity contribution >= 4 is 151 Å². The number of carbonyl (C=O) groups excluding carboxylic acids is 9. The number of esters is 6. The minimum atomic E-state index is -0.930. The predicted molar refractivity (Wildman–Crippen MR) is 486 cm³/mol. The van der Waals surface area contributed by atoms with Gasteiger partial charge in [0.2, 0.25) is 47.5 Å². The van der Waals surface area contributed by atoms with Crippen LogP contribution in [0.2, 0.25) is 5.15 Å². The molecular weight excluding hydrogens is 1870 g/mol. The SMILES string of the molecule is C#CCBr.CC(=O)OC(C)=O.CC[C@@H]1C[C@@H](OC(C)=O)[C@H](N2C(=O)Cc3c(Cl)nc(N)nc32)O1.CC[C@@H]1C[C@@H](OC(C)=O)[C@H](N2C(=O)Cc3c2nc(N)[nH]c3=O)O1.CC[C@@H]1C[C@@H](OC(C)=O)[C@H](N2C(=O)Cc3cnc(N)nc32)O1.CC[C@@H]1C[C@@H](OC(C)=O)[C@H](n2c(OCc3ccccc3)nc3c(=O)[nH]c(N)nc32)O1.Nc1nc2c(nc(OCc3ccccc3)n2[C@@H]2O[C@H](CO)C[C@H]2O)c(=O)[nH]1. The molecule has 17 rings (SSSR count). The van der Waals surface area contributed by atoms with Crippen molar-refractivity contribution < 1.29 is 110 Å². The molecule has 8 aliphatic rings. The van der Waals surface area contributed by atoms with Crippen molar-refractivity contribution in [2.45, 2.75) is 252 Å². The number of imidazole rings is 2. The van der Waals surface area contributed by atoms with Gasteiger partial charge in [0.15, 0.2) is 59.3 Å². The fraction of sp³-hybridized carbons (Fsp3) is 0.477. The number of alkyl halides is 1. The average Bonchev–Trinajstić information content (AvgIpc) is 1.65. The van der Waals surface area contributed by atoms with E-state index in [1.165, 1.54) is 60.8 Å². The van der Waals surface area contributed by atoms with E-state index in [1.54, 1.807) is 10.8 Å². The number of amides is 3. The second kappa shape index (κ2) is 46.5. The third-order valence-corrected chi connectivity index (χ3v) is 22.1. The van der Waals surface area contributed by atoms with E-state index in [0.29, 0.717) is 60.2 Å². The van der Waals surface area contributed by atoms with Crippen LogP contribution >= 0.6 is 27.5 Å². The molecule has 0 saturated carbocycles. The summed E-state index contributed by atoms with van der Waals surface area (Å²) in [5.41, 5.74) is 30.5. The van der Waals surface area contributed by atoms with Crippen LogP contribution in [0.5, 0.6) is 12.0 Å².